The zero-order chi connectivity index (χ0) is 18.7. The summed E-state index contributed by atoms with van der Waals surface area (Å²) in [6, 6.07) is 9.04. The summed E-state index contributed by atoms with van der Waals surface area (Å²) >= 11 is 2.98. The fourth-order valence-corrected chi connectivity index (χ4v) is 5.24. The number of benzene rings is 1. The van der Waals surface area contributed by atoms with Crippen molar-refractivity contribution in [2.45, 2.75) is 31.7 Å². The van der Waals surface area contributed by atoms with E-state index in [9.17, 15) is 14.0 Å². The molecule has 4 nitrogen and oxygen atoms in total. The average molecular weight is 393 g/mol. The van der Waals surface area contributed by atoms with Crippen LogP contribution in [0.25, 0.3) is 0 Å². The molecule has 3 rings (SSSR count). The van der Waals surface area contributed by atoms with Crippen molar-refractivity contribution < 1.29 is 14.0 Å². The summed E-state index contributed by atoms with van der Waals surface area (Å²) < 4.78 is 13.9. The van der Waals surface area contributed by atoms with Gasteiger partial charge < -0.3 is 10.2 Å². The van der Waals surface area contributed by atoms with Crippen LogP contribution in [0.4, 0.5) is 10.1 Å². The Balaban J connectivity index is 1.83. The van der Waals surface area contributed by atoms with Crippen molar-refractivity contribution in [2.24, 2.45) is 5.92 Å². The highest BCUT2D eigenvalue weighted by molar-refractivity contribution is 8.00. The molecule has 0 bridgehead atoms. The highest BCUT2D eigenvalue weighted by Gasteiger charge is 2.42. The van der Waals surface area contributed by atoms with Gasteiger partial charge in [-0.25, -0.2) is 4.39 Å². The lowest BCUT2D eigenvalue weighted by Gasteiger charge is -2.29. The van der Waals surface area contributed by atoms with Crippen molar-refractivity contribution in [3.63, 3.8) is 0 Å². The van der Waals surface area contributed by atoms with Crippen molar-refractivity contribution >= 4 is 40.6 Å². The Kier molecular flexibility index (Phi) is 5.98. The molecule has 2 atom stereocenters. The molecule has 1 N–H and O–H groups in total. The van der Waals surface area contributed by atoms with Crippen LogP contribution in [0, 0.1) is 11.7 Å². The lowest BCUT2D eigenvalue weighted by atomic mass is 10.1. The van der Waals surface area contributed by atoms with Crippen LogP contribution >= 0.6 is 23.1 Å². The molecule has 1 fully saturated rings. The number of carbonyl (C=O) groups excluding carboxylic acids is 2. The molecule has 0 unspecified atom stereocenters. The van der Waals surface area contributed by atoms with Gasteiger partial charge in [0.1, 0.15) is 11.9 Å². The van der Waals surface area contributed by atoms with E-state index in [0.717, 1.165) is 6.42 Å². The zero-order valence-electron chi connectivity index (χ0n) is 14.6. The Labute approximate surface area is 160 Å². The summed E-state index contributed by atoms with van der Waals surface area (Å²) in [5.74, 6) is -0.0570. The van der Waals surface area contributed by atoms with Crippen molar-refractivity contribution in [2.75, 3.05) is 11.1 Å². The van der Waals surface area contributed by atoms with Gasteiger partial charge in [0.2, 0.25) is 5.91 Å². The number of amides is 2. The summed E-state index contributed by atoms with van der Waals surface area (Å²) in [5, 5.41) is 4.43. The van der Waals surface area contributed by atoms with Gasteiger partial charge in [0.05, 0.1) is 15.9 Å². The predicted octanol–water partition coefficient (Wildman–Crippen LogP) is 4.46. The first-order valence-electron chi connectivity index (χ1n) is 8.50. The van der Waals surface area contributed by atoms with E-state index in [0.29, 0.717) is 16.5 Å². The van der Waals surface area contributed by atoms with E-state index >= 15 is 0 Å². The van der Waals surface area contributed by atoms with Crippen LogP contribution < -0.4 is 5.32 Å². The minimum absolute atomic E-state index is 0.0547. The van der Waals surface area contributed by atoms with Crippen LogP contribution in [0.5, 0.6) is 0 Å². The van der Waals surface area contributed by atoms with Crippen molar-refractivity contribution in [1.29, 1.82) is 0 Å². The number of rotatable bonds is 5. The number of hydrogen-bond donors (Lipinski definition) is 1. The number of para-hydroxylation sites is 1. The van der Waals surface area contributed by atoms with Gasteiger partial charge in [0.25, 0.3) is 5.91 Å². The Morgan fingerprint density at radius 3 is 2.69 bits per heavy atom. The van der Waals surface area contributed by atoms with Crippen molar-refractivity contribution in [3.8, 4) is 0 Å². The lowest BCUT2D eigenvalue weighted by Crippen LogP contribution is -2.47. The highest BCUT2D eigenvalue weighted by atomic mass is 32.2. The quantitative estimate of drug-likeness (QED) is 0.818. The summed E-state index contributed by atoms with van der Waals surface area (Å²) in [4.78, 5) is 28.1. The maximum Gasteiger partial charge on any atom is 0.265 e. The Morgan fingerprint density at radius 1 is 1.27 bits per heavy atom. The maximum atomic E-state index is 13.9. The number of nitrogens with zero attached hydrogens (tertiary/aromatic N) is 1. The third kappa shape index (κ3) is 4.10. The average Bonchev–Trinajstić information content (AvgIpc) is 3.25. The Bertz CT molecular complexity index is 780. The molecule has 2 amide bonds. The number of anilines is 1. The first-order chi connectivity index (χ1) is 12.5. The van der Waals surface area contributed by atoms with E-state index in [1.54, 1.807) is 34.9 Å². The smallest absolute Gasteiger partial charge is 0.265 e. The number of nitrogens with one attached hydrogen (secondary N) is 1. The molecule has 1 saturated heterocycles. The number of hydrogen-bond acceptors (Lipinski definition) is 4. The van der Waals surface area contributed by atoms with Gasteiger partial charge in [-0.05, 0) is 35.9 Å². The molecule has 26 heavy (non-hydrogen) atoms. The van der Waals surface area contributed by atoms with Crippen molar-refractivity contribution in [1.82, 2.24) is 4.90 Å². The summed E-state index contributed by atoms with van der Waals surface area (Å²) in [6.45, 7) is 4.20. The van der Waals surface area contributed by atoms with Crippen LogP contribution in [-0.2, 0) is 4.79 Å². The highest BCUT2D eigenvalue weighted by Crippen LogP contribution is 2.35. The molecule has 0 saturated carbocycles. The van der Waals surface area contributed by atoms with Crippen LogP contribution in [0.15, 0.2) is 41.8 Å². The van der Waals surface area contributed by atoms with E-state index in [1.807, 2.05) is 11.4 Å². The van der Waals surface area contributed by atoms with Gasteiger partial charge >= 0.3 is 0 Å². The lowest BCUT2D eigenvalue weighted by molar-refractivity contribution is -0.119. The zero-order valence-corrected chi connectivity index (χ0v) is 16.3. The summed E-state index contributed by atoms with van der Waals surface area (Å²) in [5.41, 5.74) is 0.137. The number of thiophene rings is 1. The molecule has 1 aromatic heterocycles. The first kappa shape index (κ1) is 18.9. The molecule has 0 aliphatic carbocycles. The Hall–Kier alpha value is -1.86. The van der Waals surface area contributed by atoms with Gasteiger partial charge in [0, 0.05) is 5.75 Å². The standard InChI is InChI=1S/C19H21FN2O2S2/c1-12(2)10-17-22(19(24)16-8-5-9-25-16)15(11-26-17)18(23)21-14-7-4-3-6-13(14)20/h3-9,12,15,17H,10-11H2,1-2H3,(H,21,23)/t15-,17-/m0/s1. The third-order valence-electron chi connectivity index (χ3n) is 4.17. The van der Waals surface area contributed by atoms with Gasteiger partial charge in [0.15, 0.2) is 0 Å². The molecule has 1 aromatic carbocycles. The second kappa shape index (κ2) is 8.22. The third-order valence-corrected chi connectivity index (χ3v) is 6.34. The Morgan fingerprint density at radius 2 is 2.04 bits per heavy atom. The molecule has 0 radical (unpaired) electrons. The second-order valence-corrected chi connectivity index (χ2v) is 8.75. The summed E-state index contributed by atoms with van der Waals surface area (Å²) in [7, 11) is 0. The minimum Gasteiger partial charge on any atom is -0.322 e. The maximum absolute atomic E-state index is 13.9. The van der Waals surface area contributed by atoms with E-state index < -0.39 is 11.9 Å². The molecular weight excluding hydrogens is 371 g/mol. The molecule has 138 valence electrons. The van der Waals surface area contributed by atoms with E-state index in [1.165, 1.54) is 23.5 Å². The van der Waals surface area contributed by atoms with Gasteiger partial charge in [-0.2, -0.15) is 0 Å². The number of thioether (sulfide) groups is 1. The van der Waals surface area contributed by atoms with Gasteiger partial charge in [-0.3, -0.25) is 9.59 Å². The van der Waals surface area contributed by atoms with Crippen molar-refractivity contribution in [3.05, 3.63) is 52.5 Å². The van der Waals surface area contributed by atoms with Crippen LogP contribution in [0.1, 0.15) is 29.9 Å². The van der Waals surface area contributed by atoms with Gasteiger partial charge in [-0.15, -0.1) is 23.1 Å². The molecule has 7 heteroatoms. The molecular formula is C19H21FN2O2S2. The monoisotopic (exact) mass is 392 g/mol. The minimum atomic E-state index is -0.613. The topological polar surface area (TPSA) is 49.4 Å². The van der Waals surface area contributed by atoms with E-state index in [-0.39, 0.29) is 22.9 Å². The van der Waals surface area contributed by atoms with E-state index in [2.05, 4.69) is 19.2 Å². The van der Waals surface area contributed by atoms with Gasteiger partial charge in [-0.1, -0.05) is 32.0 Å². The predicted molar refractivity (Wildman–Crippen MR) is 105 cm³/mol. The second-order valence-electron chi connectivity index (χ2n) is 6.59. The fraction of sp³-hybridized carbons (Fsp3) is 0.368. The van der Waals surface area contributed by atoms with Crippen LogP contribution in [0.3, 0.4) is 0 Å². The number of carbonyl (C=O) groups is 2. The number of halogens is 1. The largest absolute Gasteiger partial charge is 0.322 e. The van der Waals surface area contributed by atoms with Crippen LogP contribution in [0.2, 0.25) is 0 Å². The first-order valence-corrected chi connectivity index (χ1v) is 10.4. The fourth-order valence-electron chi connectivity index (χ4n) is 2.93. The molecule has 1 aliphatic heterocycles. The molecule has 1 aliphatic rings. The normalized spacial score (nSPS) is 19.8. The SMILES string of the molecule is CC(C)C[C@@H]1SC[C@@H](C(=O)Nc2ccccc2F)N1C(=O)c1cccs1. The molecule has 2 heterocycles. The van der Waals surface area contributed by atoms with E-state index in [4.69, 9.17) is 0 Å². The molecule has 0 spiro atoms. The molecule has 2 aromatic rings. The van der Waals surface area contributed by atoms with Crippen LogP contribution in [-0.4, -0.2) is 33.9 Å². The summed E-state index contributed by atoms with van der Waals surface area (Å²) in [6.07, 6.45) is 0.811.